The topological polar surface area (TPSA) is 96.0 Å². The average Bonchev–Trinajstić information content (AvgIpc) is 2.36. The van der Waals surface area contributed by atoms with Crippen molar-refractivity contribution in [3.05, 3.63) is 29.8 Å². The number of nitrogens with zero attached hydrogens (tertiary/aromatic N) is 2. The minimum absolute atomic E-state index is 0.0489. The minimum atomic E-state index is -3.29. The van der Waals surface area contributed by atoms with Gasteiger partial charge in [-0.2, -0.15) is 0 Å². The molecule has 18 heavy (non-hydrogen) atoms. The van der Waals surface area contributed by atoms with Crippen molar-refractivity contribution in [3.8, 4) is 0 Å². The fourth-order valence-corrected chi connectivity index (χ4v) is 2.70. The first-order valence-corrected chi connectivity index (χ1v) is 6.97. The zero-order chi connectivity index (χ0) is 13.8. The third kappa shape index (κ3) is 3.71. The lowest BCUT2D eigenvalue weighted by molar-refractivity contribution is 0.318. The van der Waals surface area contributed by atoms with E-state index < -0.39 is 9.84 Å². The molecular weight excluding hydrogens is 254 g/mol. The number of amidine groups is 1. The van der Waals surface area contributed by atoms with Gasteiger partial charge in [0.25, 0.3) is 0 Å². The molecule has 6 nitrogen and oxygen atoms in total. The highest BCUT2D eigenvalue weighted by atomic mass is 32.2. The van der Waals surface area contributed by atoms with E-state index in [1.165, 1.54) is 24.3 Å². The molecule has 7 heteroatoms. The van der Waals surface area contributed by atoms with Gasteiger partial charge < -0.3 is 15.8 Å². The van der Waals surface area contributed by atoms with Crippen molar-refractivity contribution < 1.29 is 13.6 Å². The van der Waals surface area contributed by atoms with Gasteiger partial charge in [-0.05, 0) is 38.4 Å². The van der Waals surface area contributed by atoms with Gasteiger partial charge in [-0.1, -0.05) is 5.16 Å². The lowest BCUT2D eigenvalue weighted by atomic mass is 10.2. The first kappa shape index (κ1) is 14.5. The Labute approximate surface area is 107 Å². The van der Waals surface area contributed by atoms with Crippen LogP contribution in [-0.2, 0) is 9.84 Å². The molecule has 0 atom stereocenters. The molecular formula is C11H17N3O3S. The summed E-state index contributed by atoms with van der Waals surface area (Å²) in [4.78, 5) is 2.04. The maximum atomic E-state index is 11.9. The Morgan fingerprint density at radius 2 is 1.89 bits per heavy atom. The number of nitrogens with two attached hydrogens (primary N) is 1. The molecule has 0 aliphatic rings. The molecule has 0 aliphatic carbocycles. The van der Waals surface area contributed by atoms with E-state index in [4.69, 9.17) is 10.9 Å². The van der Waals surface area contributed by atoms with E-state index in [0.717, 1.165) is 0 Å². The second kappa shape index (κ2) is 5.83. The van der Waals surface area contributed by atoms with Gasteiger partial charge in [0.2, 0.25) is 0 Å². The van der Waals surface area contributed by atoms with Gasteiger partial charge in [0.05, 0.1) is 10.6 Å². The van der Waals surface area contributed by atoms with E-state index in [1.807, 2.05) is 19.0 Å². The SMILES string of the molecule is CN(C)CCS(=O)(=O)c1ccc(/C(N)=N/O)cc1. The summed E-state index contributed by atoms with van der Waals surface area (Å²) >= 11 is 0. The molecule has 0 heterocycles. The van der Waals surface area contributed by atoms with E-state index in [9.17, 15) is 8.42 Å². The van der Waals surface area contributed by atoms with Gasteiger partial charge in [-0.25, -0.2) is 8.42 Å². The number of benzene rings is 1. The Kier molecular flexibility index (Phi) is 4.69. The molecule has 0 radical (unpaired) electrons. The van der Waals surface area contributed by atoms with Crippen molar-refractivity contribution in [2.24, 2.45) is 10.9 Å². The number of sulfone groups is 1. The van der Waals surface area contributed by atoms with Crippen LogP contribution in [0.5, 0.6) is 0 Å². The largest absolute Gasteiger partial charge is 0.409 e. The summed E-state index contributed by atoms with van der Waals surface area (Å²) in [6, 6.07) is 5.94. The molecule has 3 N–H and O–H groups in total. The van der Waals surface area contributed by atoms with Crippen molar-refractivity contribution >= 4 is 15.7 Å². The fourth-order valence-electron chi connectivity index (χ4n) is 1.31. The van der Waals surface area contributed by atoms with E-state index in [1.54, 1.807) is 0 Å². The Hall–Kier alpha value is -1.60. The van der Waals surface area contributed by atoms with E-state index >= 15 is 0 Å². The zero-order valence-electron chi connectivity index (χ0n) is 10.4. The van der Waals surface area contributed by atoms with Crippen LogP contribution in [0.25, 0.3) is 0 Å². The summed E-state index contributed by atoms with van der Waals surface area (Å²) < 4.78 is 23.9. The van der Waals surface area contributed by atoms with Crippen LogP contribution in [0.15, 0.2) is 34.3 Å². The van der Waals surface area contributed by atoms with Crippen LogP contribution < -0.4 is 5.73 Å². The van der Waals surface area contributed by atoms with Gasteiger partial charge in [-0.3, -0.25) is 0 Å². The standard InChI is InChI=1S/C11H17N3O3S/c1-14(2)7-8-18(16,17)10-5-3-9(4-6-10)11(12)13-15/h3-6,15H,7-8H2,1-2H3,(H2,12,13). The zero-order valence-corrected chi connectivity index (χ0v) is 11.2. The quantitative estimate of drug-likeness (QED) is 0.343. The molecule has 1 aromatic rings. The van der Waals surface area contributed by atoms with Crippen molar-refractivity contribution in [1.29, 1.82) is 0 Å². The summed E-state index contributed by atoms with van der Waals surface area (Å²) in [6.45, 7) is 0.463. The van der Waals surface area contributed by atoms with Crippen LogP contribution in [-0.4, -0.2) is 50.8 Å². The first-order valence-electron chi connectivity index (χ1n) is 5.32. The predicted molar refractivity (Wildman–Crippen MR) is 69.6 cm³/mol. The highest BCUT2D eigenvalue weighted by Crippen LogP contribution is 2.12. The number of hydrogen-bond acceptors (Lipinski definition) is 5. The van der Waals surface area contributed by atoms with Gasteiger partial charge in [0, 0.05) is 12.1 Å². The summed E-state index contributed by atoms with van der Waals surface area (Å²) in [7, 11) is 0.344. The molecule has 0 spiro atoms. The highest BCUT2D eigenvalue weighted by molar-refractivity contribution is 7.91. The normalized spacial score (nSPS) is 12.9. The second-order valence-electron chi connectivity index (χ2n) is 4.13. The Morgan fingerprint density at radius 1 is 1.33 bits per heavy atom. The number of oxime groups is 1. The van der Waals surface area contributed by atoms with Crippen LogP contribution in [0.1, 0.15) is 5.56 Å². The Morgan fingerprint density at radius 3 is 2.33 bits per heavy atom. The third-order valence-electron chi connectivity index (χ3n) is 2.42. The number of rotatable bonds is 5. The van der Waals surface area contributed by atoms with Crippen molar-refractivity contribution in [2.75, 3.05) is 26.4 Å². The highest BCUT2D eigenvalue weighted by Gasteiger charge is 2.14. The van der Waals surface area contributed by atoms with Crippen LogP contribution >= 0.6 is 0 Å². The van der Waals surface area contributed by atoms with Gasteiger partial charge in [0.15, 0.2) is 15.7 Å². The summed E-state index contributed by atoms with van der Waals surface area (Å²) in [5, 5.41) is 11.4. The van der Waals surface area contributed by atoms with Crippen LogP contribution in [0.2, 0.25) is 0 Å². The fraction of sp³-hybridized carbons (Fsp3) is 0.364. The number of hydrogen-bond donors (Lipinski definition) is 2. The molecule has 0 aliphatic heterocycles. The van der Waals surface area contributed by atoms with Gasteiger partial charge >= 0.3 is 0 Å². The van der Waals surface area contributed by atoms with Crippen LogP contribution in [0.3, 0.4) is 0 Å². The Balaban J connectivity index is 2.91. The molecule has 0 unspecified atom stereocenters. The molecule has 0 fully saturated rings. The van der Waals surface area contributed by atoms with E-state index in [-0.39, 0.29) is 16.5 Å². The molecule has 0 aromatic heterocycles. The lowest BCUT2D eigenvalue weighted by Gasteiger charge is -2.10. The third-order valence-corrected chi connectivity index (χ3v) is 4.13. The smallest absolute Gasteiger partial charge is 0.179 e. The summed E-state index contributed by atoms with van der Waals surface area (Å²) in [5.74, 6) is 0.00960. The monoisotopic (exact) mass is 271 g/mol. The molecule has 1 aromatic carbocycles. The molecule has 0 saturated heterocycles. The Bertz CT molecular complexity index is 521. The maximum Gasteiger partial charge on any atom is 0.179 e. The molecule has 0 saturated carbocycles. The van der Waals surface area contributed by atoms with E-state index in [0.29, 0.717) is 12.1 Å². The molecule has 0 bridgehead atoms. The lowest BCUT2D eigenvalue weighted by Crippen LogP contribution is -2.22. The molecule has 100 valence electrons. The van der Waals surface area contributed by atoms with Gasteiger partial charge in [-0.15, -0.1) is 0 Å². The minimum Gasteiger partial charge on any atom is -0.409 e. The van der Waals surface area contributed by atoms with E-state index in [2.05, 4.69) is 5.16 Å². The predicted octanol–water partition coefficient (Wildman–Crippen LogP) is 0.116. The van der Waals surface area contributed by atoms with Crippen molar-refractivity contribution in [1.82, 2.24) is 4.90 Å². The van der Waals surface area contributed by atoms with Crippen molar-refractivity contribution in [3.63, 3.8) is 0 Å². The second-order valence-corrected chi connectivity index (χ2v) is 6.24. The molecule has 0 amide bonds. The van der Waals surface area contributed by atoms with Gasteiger partial charge in [0.1, 0.15) is 0 Å². The van der Waals surface area contributed by atoms with Crippen molar-refractivity contribution in [2.45, 2.75) is 4.90 Å². The molecule has 1 rings (SSSR count). The van der Waals surface area contributed by atoms with Crippen LogP contribution in [0, 0.1) is 0 Å². The maximum absolute atomic E-state index is 11.9. The average molecular weight is 271 g/mol. The summed E-state index contributed by atoms with van der Waals surface area (Å²) in [5.41, 5.74) is 5.87. The van der Waals surface area contributed by atoms with Crippen LogP contribution in [0.4, 0.5) is 0 Å². The summed E-state index contributed by atoms with van der Waals surface area (Å²) in [6.07, 6.45) is 0. The first-order chi connectivity index (χ1) is 8.36.